The van der Waals surface area contributed by atoms with Crippen molar-refractivity contribution in [1.82, 2.24) is 20.2 Å². The summed E-state index contributed by atoms with van der Waals surface area (Å²) in [4.78, 5) is 8.77. The fourth-order valence-electron chi connectivity index (χ4n) is 3.48. The average molecular weight is 466 g/mol. The van der Waals surface area contributed by atoms with Crippen LogP contribution in [-0.2, 0) is 15.3 Å². The van der Waals surface area contributed by atoms with E-state index in [0.29, 0.717) is 36.1 Å². The number of nitrogens with one attached hydrogen (secondary N) is 2. The number of nitrogens with zero attached hydrogens (tertiary/aromatic N) is 3. The molecular formula is C21H25F3N6O3. The number of methoxy groups -OCH3 is 1. The minimum absolute atomic E-state index is 0.0511. The molecule has 1 aromatic heterocycles. The summed E-state index contributed by atoms with van der Waals surface area (Å²) in [6, 6.07) is 5.30. The Balaban J connectivity index is 1.62. The van der Waals surface area contributed by atoms with E-state index in [4.69, 9.17) is 19.9 Å². The molecule has 178 valence electrons. The quantitative estimate of drug-likeness (QED) is 0.570. The largest absolute Gasteiger partial charge is 0.495 e. The third-order valence-electron chi connectivity index (χ3n) is 5.08. The van der Waals surface area contributed by atoms with E-state index >= 15 is 0 Å². The van der Waals surface area contributed by atoms with Crippen LogP contribution in [-0.4, -0.2) is 61.1 Å². The monoisotopic (exact) mass is 466 g/mol. The molecule has 1 saturated heterocycles. The van der Waals surface area contributed by atoms with Crippen LogP contribution in [0, 0.1) is 6.92 Å². The van der Waals surface area contributed by atoms with Gasteiger partial charge < -0.3 is 29.4 Å². The predicted molar refractivity (Wildman–Crippen MR) is 114 cm³/mol. The summed E-state index contributed by atoms with van der Waals surface area (Å²) in [6.45, 7) is 1.13. The van der Waals surface area contributed by atoms with E-state index in [1.54, 1.807) is 24.5 Å². The number of amidine groups is 1. The van der Waals surface area contributed by atoms with Gasteiger partial charge in [0.15, 0.2) is 5.79 Å². The third-order valence-corrected chi connectivity index (χ3v) is 5.08. The maximum absolute atomic E-state index is 12.5. The number of imidazole rings is 1. The number of hydrogen-bond acceptors (Lipinski definition) is 7. The second-order valence-electron chi connectivity index (χ2n) is 7.85. The van der Waals surface area contributed by atoms with Gasteiger partial charge in [-0.05, 0) is 19.1 Å². The lowest BCUT2D eigenvalue weighted by Crippen LogP contribution is -2.65. The molecule has 0 saturated carbocycles. The van der Waals surface area contributed by atoms with E-state index in [9.17, 15) is 13.2 Å². The topological polar surface area (TPSA) is 108 Å². The molecule has 1 fully saturated rings. The van der Waals surface area contributed by atoms with Crippen LogP contribution >= 0.6 is 0 Å². The van der Waals surface area contributed by atoms with Crippen molar-refractivity contribution in [3.05, 3.63) is 53.8 Å². The zero-order valence-corrected chi connectivity index (χ0v) is 18.1. The van der Waals surface area contributed by atoms with E-state index in [2.05, 4.69) is 20.6 Å². The van der Waals surface area contributed by atoms with E-state index in [1.807, 2.05) is 23.8 Å². The van der Waals surface area contributed by atoms with Gasteiger partial charge in [-0.2, -0.15) is 13.2 Å². The fourth-order valence-corrected chi connectivity index (χ4v) is 3.48. The number of nitrogens with two attached hydrogens (primary N) is 1. The first-order chi connectivity index (χ1) is 15.6. The smallest absolute Gasteiger partial charge is 0.411 e. The maximum Gasteiger partial charge on any atom is 0.411 e. The normalized spacial score (nSPS) is 22.4. The van der Waals surface area contributed by atoms with Gasteiger partial charge in [-0.3, -0.25) is 10.7 Å². The number of ether oxygens (including phenoxy) is 3. The number of aromatic nitrogens is 2. The molecule has 0 radical (unpaired) electrons. The summed E-state index contributed by atoms with van der Waals surface area (Å²) >= 11 is 0. The van der Waals surface area contributed by atoms with E-state index in [0.717, 1.165) is 11.4 Å². The highest BCUT2D eigenvalue weighted by molar-refractivity contribution is 5.95. The highest BCUT2D eigenvalue weighted by Crippen LogP contribution is 2.29. The van der Waals surface area contributed by atoms with Crippen molar-refractivity contribution >= 4 is 5.84 Å². The van der Waals surface area contributed by atoms with Crippen molar-refractivity contribution < 1.29 is 27.4 Å². The van der Waals surface area contributed by atoms with Crippen LogP contribution in [0.1, 0.15) is 11.3 Å². The van der Waals surface area contributed by atoms with Crippen LogP contribution in [0.2, 0.25) is 0 Å². The maximum atomic E-state index is 12.5. The second kappa shape index (κ2) is 9.04. The van der Waals surface area contributed by atoms with Crippen LogP contribution < -0.4 is 21.1 Å². The molecular weight excluding hydrogens is 441 g/mol. The van der Waals surface area contributed by atoms with Crippen LogP contribution in [0.3, 0.4) is 0 Å². The van der Waals surface area contributed by atoms with Crippen molar-refractivity contribution in [1.29, 1.82) is 0 Å². The molecule has 9 nitrogen and oxygen atoms in total. The molecule has 0 aliphatic carbocycles. The summed E-state index contributed by atoms with van der Waals surface area (Å²) in [5.74, 6) is -0.414. The van der Waals surface area contributed by atoms with E-state index in [1.165, 1.54) is 7.11 Å². The number of rotatable bonds is 7. The Bertz CT molecular complexity index is 1060. The molecule has 2 aromatic rings. The molecule has 33 heavy (non-hydrogen) atoms. The first-order valence-electron chi connectivity index (χ1n) is 10.2. The molecule has 0 spiro atoms. The Hall–Kier alpha value is -3.09. The predicted octanol–water partition coefficient (Wildman–Crippen LogP) is 1.71. The van der Waals surface area contributed by atoms with Crippen molar-refractivity contribution in [3.63, 3.8) is 0 Å². The molecule has 1 unspecified atom stereocenters. The summed E-state index contributed by atoms with van der Waals surface area (Å²) in [5, 5.41) is 6.16. The van der Waals surface area contributed by atoms with Gasteiger partial charge >= 0.3 is 6.18 Å². The molecule has 4 rings (SSSR count). The van der Waals surface area contributed by atoms with Crippen molar-refractivity contribution in [2.45, 2.75) is 24.9 Å². The van der Waals surface area contributed by atoms with Gasteiger partial charge in [0.2, 0.25) is 0 Å². The molecule has 0 bridgehead atoms. The Kier molecular flexibility index (Phi) is 6.32. The molecule has 1 aromatic carbocycles. The summed E-state index contributed by atoms with van der Waals surface area (Å²) in [7, 11) is 1.54. The first kappa shape index (κ1) is 23.1. The minimum Gasteiger partial charge on any atom is -0.495 e. The summed E-state index contributed by atoms with van der Waals surface area (Å²) in [6.07, 6.45) is 0.686. The third kappa shape index (κ3) is 5.46. The van der Waals surface area contributed by atoms with Gasteiger partial charge in [-0.1, -0.05) is 6.07 Å². The number of hydrogen-bond donors (Lipinski definition) is 3. The minimum atomic E-state index is -4.43. The Morgan fingerprint density at radius 3 is 2.73 bits per heavy atom. The molecule has 1 atom stereocenters. The second-order valence-corrected chi connectivity index (χ2v) is 7.85. The summed E-state index contributed by atoms with van der Waals surface area (Å²) in [5.41, 5.74) is 9.18. The van der Waals surface area contributed by atoms with Gasteiger partial charge in [-0.15, -0.1) is 0 Å². The van der Waals surface area contributed by atoms with Crippen LogP contribution in [0.15, 0.2) is 47.5 Å². The molecule has 2 aliphatic rings. The summed E-state index contributed by atoms with van der Waals surface area (Å²) < 4.78 is 55.0. The molecule has 0 amide bonds. The standard InChI is InChI=1S/C21H25F3N6O3/c1-13-7-30(12-26-13)17-4-3-14(5-18(17)31-2)21(25)28-15(8-33-11-20(22,23)24)6-19(29-21)27-16-9-32-10-16/h3-7,12,16,28H,8-11,25H2,1-2H3,(H,27,29). The number of benzene rings is 1. The zero-order chi connectivity index (χ0) is 23.6. The SMILES string of the molecule is COc1cc(C2(N)NC(COCC(F)(F)F)=CC(=NC3COC3)N2)ccc1-n1cnc(C)c1. The van der Waals surface area contributed by atoms with Crippen LogP contribution in [0.5, 0.6) is 5.75 Å². The van der Waals surface area contributed by atoms with E-state index in [-0.39, 0.29) is 12.6 Å². The number of aryl methyl sites for hydroxylation is 1. The van der Waals surface area contributed by atoms with Gasteiger partial charge in [0.1, 0.15) is 18.2 Å². The highest BCUT2D eigenvalue weighted by Gasteiger charge is 2.35. The average Bonchev–Trinajstić information content (AvgIpc) is 3.15. The Morgan fingerprint density at radius 1 is 1.33 bits per heavy atom. The first-order valence-corrected chi connectivity index (χ1v) is 10.2. The Morgan fingerprint density at radius 2 is 2.12 bits per heavy atom. The number of alkyl halides is 3. The molecule has 2 aliphatic heterocycles. The number of halogens is 3. The fraction of sp³-hybridized carbons (Fsp3) is 0.429. The zero-order valence-electron chi connectivity index (χ0n) is 18.1. The van der Waals surface area contributed by atoms with Gasteiger partial charge in [0.05, 0.1) is 50.7 Å². The lowest BCUT2D eigenvalue weighted by molar-refractivity contribution is -0.172. The lowest BCUT2D eigenvalue weighted by Gasteiger charge is -2.39. The van der Waals surface area contributed by atoms with Gasteiger partial charge in [0.25, 0.3) is 0 Å². The van der Waals surface area contributed by atoms with Crippen molar-refractivity contribution in [2.75, 3.05) is 33.5 Å². The van der Waals surface area contributed by atoms with Crippen molar-refractivity contribution in [3.8, 4) is 11.4 Å². The van der Waals surface area contributed by atoms with Crippen LogP contribution in [0.25, 0.3) is 5.69 Å². The number of aliphatic imine (C=N–C) groups is 1. The van der Waals surface area contributed by atoms with Gasteiger partial charge in [0, 0.05) is 23.5 Å². The van der Waals surface area contributed by atoms with E-state index < -0.39 is 18.6 Å². The lowest BCUT2D eigenvalue weighted by atomic mass is 10.0. The van der Waals surface area contributed by atoms with Gasteiger partial charge in [-0.25, -0.2) is 4.98 Å². The Labute approximate surface area is 188 Å². The van der Waals surface area contributed by atoms with Crippen LogP contribution in [0.4, 0.5) is 13.2 Å². The molecule has 3 heterocycles. The molecule has 12 heteroatoms. The van der Waals surface area contributed by atoms with Crippen molar-refractivity contribution in [2.24, 2.45) is 10.7 Å². The molecule has 4 N–H and O–H groups in total. The highest BCUT2D eigenvalue weighted by atomic mass is 19.4.